The Kier molecular flexibility index (Phi) is 2.49. The highest BCUT2D eigenvalue weighted by atomic mass is 16.5. The Morgan fingerprint density at radius 2 is 2.25 bits per heavy atom. The molecule has 1 aromatic rings. The van der Waals surface area contributed by atoms with Crippen LogP contribution in [0.3, 0.4) is 0 Å². The highest BCUT2D eigenvalue weighted by molar-refractivity contribution is 5.37. The molecular weight excluding hydrogens is 198 g/mol. The molecule has 1 aliphatic heterocycles. The van der Waals surface area contributed by atoms with E-state index in [1.807, 2.05) is 0 Å². The number of hydrogen-bond donors (Lipinski definition) is 1. The second-order valence-corrected chi connectivity index (χ2v) is 4.98. The Morgan fingerprint density at radius 3 is 3.12 bits per heavy atom. The largest absolute Gasteiger partial charge is 0.370 e. The Morgan fingerprint density at radius 1 is 1.38 bits per heavy atom. The van der Waals surface area contributed by atoms with Crippen molar-refractivity contribution in [3.05, 3.63) is 35.4 Å². The van der Waals surface area contributed by atoms with E-state index in [4.69, 9.17) is 4.74 Å². The maximum absolute atomic E-state index is 6.14. The first-order valence-electron chi connectivity index (χ1n) is 6.24. The first kappa shape index (κ1) is 10.3. The van der Waals surface area contributed by atoms with Crippen molar-refractivity contribution in [3.8, 4) is 0 Å². The first-order chi connectivity index (χ1) is 7.84. The van der Waals surface area contributed by atoms with Crippen LogP contribution < -0.4 is 5.32 Å². The third kappa shape index (κ3) is 1.48. The summed E-state index contributed by atoms with van der Waals surface area (Å²) in [5.74, 6) is 0. The molecule has 1 aliphatic carbocycles. The Labute approximate surface area is 97.0 Å². The molecule has 0 bridgehead atoms. The molecule has 1 fully saturated rings. The Balaban J connectivity index is 1.95. The molecule has 1 aromatic carbocycles. The minimum absolute atomic E-state index is 0.0164. The van der Waals surface area contributed by atoms with Crippen molar-refractivity contribution in [2.45, 2.75) is 37.3 Å². The van der Waals surface area contributed by atoms with E-state index in [0.717, 1.165) is 25.9 Å². The molecule has 2 atom stereocenters. The van der Waals surface area contributed by atoms with Crippen LogP contribution in [0.25, 0.3) is 0 Å². The molecule has 2 unspecified atom stereocenters. The van der Waals surface area contributed by atoms with Crippen LogP contribution in [0.15, 0.2) is 24.3 Å². The Hall–Kier alpha value is -0.860. The summed E-state index contributed by atoms with van der Waals surface area (Å²) < 4.78 is 6.14. The van der Waals surface area contributed by atoms with Gasteiger partial charge in [0, 0.05) is 12.6 Å². The molecule has 1 spiro atoms. The predicted octanol–water partition coefficient (Wildman–Crippen LogP) is 2.23. The third-order valence-electron chi connectivity index (χ3n) is 4.14. The molecule has 1 heterocycles. The number of benzene rings is 1. The van der Waals surface area contributed by atoms with Crippen molar-refractivity contribution in [3.63, 3.8) is 0 Å². The minimum Gasteiger partial charge on any atom is -0.370 e. The summed E-state index contributed by atoms with van der Waals surface area (Å²) in [5.41, 5.74) is 2.94. The summed E-state index contributed by atoms with van der Waals surface area (Å²) in [6, 6.07) is 9.38. The van der Waals surface area contributed by atoms with Gasteiger partial charge in [-0.15, -0.1) is 0 Å². The molecule has 2 heteroatoms. The molecular formula is C14H19NO. The van der Waals surface area contributed by atoms with E-state index in [1.54, 1.807) is 0 Å². The molecule has 3 rings (SSSR count). The van der Waals surface area contributed by atoms with Crippen LogP contribution in [0.4, 0.5) is 0 Å². The van der Waals surface area contributed by atoms with Crippen LogP contribution in [-0.2, 0) is 16.8 Å². The molecule has 2 nitrogen and oxygen atoms in total. The average molecular weight is 217 g/mol. The molecule has 86 valence electrons. The molecule has 1 saturated heterocycles. The zero-order chi connectivity index (χ0) is 11.0. The molecule has 0 aromatic heterocycles. The second-order valence-electron chi connectivity index (χ2n) is 4.98. The van der Waals surface area contributed by atoms with E-state index in [-0.39, 0.29) is 5.60 Å². The van der Waals surface area contributed by atoms with E-state index in [1.165, 1.54) is 17.5 Å². The summed E-state index contributed by atoms with van der Waals surface area (Å²) in [5, 5.41) is 3.41. The highest BCUT2D eigenvalue weighted by Gasteiger charge is 2.43. The van der Waals surface area contributed by atoms with Gasteiger partial charge in [-0.1, -0.05) is 24.3 Å². The first-order valence-corrected chi connectivity index (χ1v) is 6.24. The van der Waals surface area contributed by atoms with Gasteiger partial charge in [-0.05, 0) is 43.9 Å². The summed E-state index contributed by atoms with van der Waals surface area (Å²) in [7, 11) is 2.06. The van der Waals surface area contributed by atoms with Gasteiger partial charge in [0.1, 0.15) is 0 Å². The van der Waals surface area contributed by atoms with Gasteiger partial charge in [-0.2, -0.15) is 0 Å². The monoisotopic (exact) mass is 217 g/mol. The lowest BCUT2D eigenvalue weighted by Crippen LogP contribution is -2.43. The van der Waals surface area contributed by atoms with E-state index < -0.39 is 0 Å². The summed E-state index contributed by atoms with van der Waals surface area (Å²) in [6.45, 7) is 0.889. The molecule has 0 radical (unpaired) electrons. The van der Waals surface area contributed by atoms with Crippen molar-refractivity contribution in [1.82, 2.24) is 5.32 Å². The molecule has 0 amide bonds. The fourth-order valence-corrected chi connectivity index (χ4v) is 3.22. The van der Waals surface area contributed by atoms with Gasteiger partial charge in [0.25, 0.3) is 0 Å². The quantitative estimate of drug-likeness (QED) is 0.779. The molecule has 1 N–H and O–H groups in total. The van der Waals surface area contributed by atoms with Gasteiger partial charge in [-0.25, -0.2) is 0 Å². The number of nitrogens with one attached hydrogen (secondary N) is 1. The number of ether oxygens (including phenoxy) is 1. The van der Waals surface area contributed by atoms with Gasteiger partial charge in [0.05, 0.1) is 5.60 Å². The number of hydrogen-bond acceptors (Lipinski definition) is 2. The van der Waals surface area contributed by atoms with Gasteiger partial charge in [0.15, 0.2) is 0 Å². The Bertz CT molecular complexity index is 386. The number of aryl methyl sites for hydroxylation is 1. The van der Waals surface area contributed by atoms with Crippen molar-refractivity contribution < 1.29 is 4.74 Å². The lowest BCUT2D eigenvalue weighted by molar-refractivity contribution is -0.0921. The minimum atomic E-state index is 0.0164. The van der Waals surface area contributed by atoms with Crippen LogP contribution in [0.1, 0.15) is 30.4 Å². The van der Waals surface area contributed by atoms with Gasteiger partial charge in [0.2, 0.25) is 0 Å². The SMILES string of the molecule is CNC1CCOC2(CCc3ccccc32)C1. The van der Waals surface area contributed by atoms with E-state index in [9.17, 15) is 0 Å². The summed E-state index contributed by atoms with van der Waals surface area (Å²) >= 11 is 0. The molecule has 2 aliphatic rings. The van der Waals surface area contributed by atoms with E-state index >= 15 is 0 Å². The summed E-state index contributed by atoms with van der Waals surface area (Å²) in [4.78, 5) is 0. The lowest BCUT2D eigenvalue weighted by Gasteiger charge is -2.39. The van der Waals surface area contributed by atoms with E-state index in [2.05, 4.69) is 36.6 Å². The smallest absolute Gasteiger partial charge is 0.0951 e. The van der Waals surface area contributed by atoms with Crippen LogP contribution in [0.2, 0.25) is 0 Å². The van der Waals surface area contributed by atoms with Crippen molar-refractivity contribution in [2.24, 2.45) is 0 Å². The maximum Gasteiger partial charge on any atom is 0.0951 e. The normalized spacial score (nSPS) is 32.9. The van der Waals surface area contributed by atoms with Crippen molar-refractivity contribution in [1.29, 1.82) is 0 Å². The molecule has 0 saturated carbocycles. The van der Waals surface area contributed by atoms with Gasteiger partial charge < -0.3 is 10.1 Å². The second kappa shape index (κ2) is 3.86. The molecule has 16 heavy (non-hydrogen) atoms. The number of rotatable bonds is 1. The van der Waals surface area contributed by atoms with Gasteiger partial charge in [-0.3, -0.25) is 0 Å². The van der Waals surface area contributed by atoms with Crippen LogP contribution in [0, 0.1) is 0 Å². The standard InChI is InChI=1S/C14H19NO/c1-15-12-7-9-16-14(10-12)8-6-11-4-2-3-5-13(11)14/h2-5,12,15H,6-10H2,1H3. The van der Waals surface area contributed by atoms with Crippen LogP contribution >= 0.6 is 0 Å². The van der Waals surface area contributed by atoms with Crippen molar-refractivity contribution in [2.75, 3.05) is 13.7 Å². The van der Waals surface area contributed by atoms with Crippen LogP contribution in [0.5, 0.6) is 0 Å². The number of fused-ring (bicyclic) bond motifs is 2. The van der Waals surface area contributed by atoms with Crippen LogP contribution in [-0.4, -0.2) is 19.7 Å². The zero-order valence-electron chi connectivity index (χ0n) is 9.83. The maximum atomic E-state index is 6.14. The highest BCUT2D eigenvalue weighted by Crippen LogP contribution is 2.45. The average Bonchev–Trinajstić information content (AvgIpc) is 2.69. The fourth-order valence-electron chi connectivity index (χ4n) is 3.22. The summed E-state index contributed by atoms with van der Waals surface area (Å²) in [6.07, 6.45) is 4.60. The third-order valence-corrected chi connectivity index (χ3v) is 4.14. The predicted molar refractivity (Wildman–Crippen MR) is 64.5 cm³/mol. The van der Waals surface area contributed by atoms with Gasteiger partial charge >= 0.3 is 0 Å². The lowest BCUT2D eigenvalue weighted by atomic mass is 9.85. The fraction of sp³-hybridized carbons (Fsp3) is 0.571. The van der Waals surface area contributed by atoms with Crippen molar-refractivity contribution >= 4 is 0 Å². The zero-order valence-corrected chi connectivity index (χ0v) is 9.83. The topological polar surface area (TPSA) is 21.3 Å². The van der Waals surface area contributed by atoms with E-state index in [0.29, 0.717) is 6.04 Å².